The van der Waals surface area contributed by atoms with E-state index >= 15 is 0 Å². The predicted molar refractivity (Wildman–Crippen MR) is 129 cm³/mol. The first-order chi connectivity index (χ1) is 13.9. The molecule has 0 aliphatic carbocycles. The first-order valence-electron chi connectivity index (χ1n) is 10.7. The van der Waals surface area contributed by atoms with Crippen LogP contribution in [-0.4, -0.2) is 43.4 Å². The van der Waals surface area contributed by atoms with Gasteiger partial charge in [0.05, 0.1) is 10.6 Å². The average Bonchev–Trinajstić information content (AvgIpc) is 3.13. The molecule has 2 aromatic rings. The van der Waals surface area contributed by atoms with Gasteiger partial charge in [0.25, 0.3) is 0 Å². The molecule has 5 heteroatoms. The fourth-order valence-corrected chi connectivity index (χ4v) is 3.72. The van der Waals surface area contributed by atoms with Crippen molar-refractivity contribution in [3.63, 3.8) is 0 Å². The Hall–Kier alpha value is -1.56. The molecule has 0 unspecified atom stereocenters. The van der Waals surface area contributed by atoms with Gasteiger partial charge < -0.3 is 10.6 Å². The number of hydrogen-bond donors (Lipinski definition) is 1. The first-order valence-corrected chi connectivity index (χ1v) is 11.5. The number of nitrogens with two attached hydrogens (primary N) is 1. The van der Waals surface area contributed by atoms with E-state index in [9.17, 15) is 4.79 Å². The molecule has 0 aliphatic heterocycles. The second kappa shape index (κ2) is 16.3. The van der Waals surface area contributed by atoms with Crippen LogP contribution in [0.5, 0.6) is 0 Å². The van der Waals surface area contributed by atoms with E-state index < -0.39 is 0 Å². The summed E-state index contributed by atoms with van der Waals surface area (Å²) < 4.78 is 0. The maximum absolute atomic E-state index is 10.9. The van der Waals surface area contributed by atoms with Crippen LogP contribution in [-0.2, 0) is 0 Å². The highest BCUT2D eigenvalue weighted by molar-refractivity contribution is 7.16. The number of aryl methyl sites for hydroxylation is 1. The molecule has 2 rings (SSSR count). The fraction of sp³-hybridized carbons (Fsp3) is 0.583. The van der Waals surface area contributed by atoms with Crippen molar-refractivity contribution in [2.24, 2.45) is 5.73 Å². The minimum atomic E-state index is 0.454. The third-order valence-corrected chi connectivity index (χ3v) is 5.66. The number of thiazole rings is 1. The normalized spacial score (nSPS) is 10.3. The van der Waals surface area contributed by atoms with Gasteiger partial charge in [-0.15, -0.1) is 11.3 Å². The van der Waals surface area contributed by atoms with Gasteiger partial charge in [0.15, 0.2) is 6.29 Å². The van der Waals surface area contributed by atoms with Crippen molar-refractivity contribution in [2.75, 3.05) is 27.2 Å². The quantitative estimate of drug-likeness (QED) is 0.495. The zero-order chi connectivity index (χ0) is 22.2. The summed E-state index contributed by atoms with van der Waals surface area (Å²) in [5, 5.41) is 0.939. The van der Waals surface area contributed by atoms with Crippen molar-refractivity contribution in [3.8, 4) is 10.6 Å². The number of benzene rings is 1. The first kappa shape index (κ1) is 27.4. The Bertz CT molecular complexity index is 675. The Morgan fingerprint density at radius 3 is 2.10 bits per heavy atom. The molecule has 164 valence electrons. The average molecular weight is 420 g/mol. The molecule has 0 radical (unpaired) electrons. The van der Waals surface area contributed by atoms with Crippen LogP contribution < -0.4 is 5.73 Å². The van der Waals surface area contributed by atoms with E-state index in [0.717, 1.165) is 27.4 Å². The number of aldehydes is 1. The number of aromatic nitrogens is 1. The van der Waals surface area contributed by atoms with Crippen LogP contribution in [0.15, 0.2) is 24.3 Å². The van der Waals surface area contributed by atoms with E-state index in [2.05, 4.69) is 62.5 Å². The smallest absolute Gasteiger partial charge is 0.161 e. The highest BCUT2D eigenvalue weighted by Crippen LogP contribution is 2.32. The monoisotopic (exact) mass is 419 g/mol. The SMILES string of the molecule is CCCCN(C)CCCC.CN.Cc1nc(-c2ccccc2C(C)C)sc1C=O. The molecule has 0 aliphatic rings. The second-order valence-corrected chi connectivity index (χ2v) is 8.37. The van der Waals surface area contributed by atoms with Gasteiger partial charge in [-0.1, -0.05) is 64.8 Å². The van der Waals surface area contributed by atoms with Crippen LogP contribution in [0.3, 0.4) is 0 Å². The molecule has 0 saturated heterocycles. The largest absolute Gasteiger partial charge is 0.333 e. The maximum atomic E-state index is 10.9. The molecule has 1 heterocycles. The summed E-state index contributed by atoms with van der Waals surface area (Å²) in [7, 11) is 3.71. The summed E-state index contributed by atoms with van der Waals surface area (Å²) in [5.74, 6) is 0.454. The lowest BCUT2D eigenvalue weighted by Gasteiger charge is -2.14. The van der Waals surface area contributed by atoms with Crippen molar-refractivity contribution in [1.82, 2.24) is 9.88 Å². The van der Waals surface area contributed by atoms with Crippen LogP contribution >= 0.6 is 11.3 Å². The molecular formula is C24H41N3OS. The van der Waals surface area contributed by atoms with Crippen LogP contribution in [0.2, 0.25) is 0 Å². The van der Waals surface area contributed by atoms with E-state index in [1.54, 1.807) is 0 Å². The van der Waals surface area contributed by atoms with Gasteiger partial charge >= 0.3 is 0 Å². The van der Waals surface area contributed by atoms with Gasteiger partial charge in [-0.05, 0) is 58.4 Å². The molecule has 0 saturated carbocycles. The van der Waals surface area contributed by atoms with Crippen LogP contribution in [0, 0.1) is 6.92 Å². The number of carbonyl (C=O) groups is 1. The van der Waals surface area contributed by atoms with E-state index in [1.165, 1.54) is 62.7 Å². The van der Waals surface area contributed by atoms with E-state index in [4.69, 9.17) is 0 Å². The number of hydrogen-bond acceptors (Lipinski definition) is 5. The molecule has 0 amide bonds. The Morgan fingerprint density at radius 1 is 1.10 bits per heavy atom. The Labute approximate surface area is 182 Å². The second-order valence-electron chi connectivity index (χ2n) is 7.34. The molecule has 0 atom stereocenters. The Morgan fingerprint density at radius 2 is 1.66 bits per heavy atom. The van der Waals surface area contributed by atoms with Gasteiger partial charge in [0.1, 0.15) is 5.01 Å². The lowest BCUT2D eigenvalue weighted by atomic mass is 9.98. The molecule has 1 aromatic heterocycles. The summed E-state index contributed by atoms with van der Waals surface area (Å²) in [4.78, 5) is 18.5. The highest BCUT2D eigenvalue weighted by atomic mass is 32.1. The molecule has 2 N–H and O–H groups in total. The summed E-state index contributed by atoms with van der Waals surface area (Å²) in [6, 6.07) is 8.25. The Balaban J connectivity index is 0.000000563. The molecule has 1 aromatic carbocycles. The third-order valence-electron chi connectivity index (χ3n) is 4.54. The Kier molecular flexibility index (Phi) is 15.4. The van der Waals surface area contributed by atoms with Crippen molar-refractivity contribution in [3.05, 3.63) is 40.4 Å². The summed E-state index contributed by atoms with van der Waals surface area (Å²) >= 11 is 1.46. The summed E-state index contributed by atoms with van der Waals surface area (Å²) in [6.07, 6.45) is 6.21. The minimum absolute atomic E-state index is 0.454. The number of rotatable bonds is 9. The maximum Gasteiger partial charge on any atom is 0.161 e. The highest BCUT2D eigenvalue weighted by Gasteiger charge is 2.13. The number of nitrogens with zero attached hydrogens (tertiary/aromatic N) is 2. The van der Waals surface area contributed by atoms with E-state index in [-0.39, 0.29) is 0 Å². The van der Waals surface area contributed by atoms with E-state index in [0.29, 0.717) is 5.92 Å². The summed E-state index contributed by atoms with van der Waals surface area (Å²) in [6.45, 7) is 13.2. The van der Waals surface area contributed by atoms with Gasteiger partial charge in [-0.2, -0.15) is 0 Å². The predicted octanol–water partition coefficient (Wildman–Crippen LogP) is 6.15. The van der Waals surface area contributed by atoms with Crippen molar-refractivity contribution in [2.45, 2.75) is 66.2 Å². The van der Waals surface area contributed by atoms with Gasteiger partial charge in [0.2, 0.25) is 0 Å². The molecule has 0 bridgehead atoms. The molecular weight excluding hydrogens is 378 g/mol. The third kappa shape index (κ3) is 10.2. The van der Waals surface area contributed by atoms with E-state index in [1.807, 2.05) is 19.1 Å². The van der Waals surface area contributed by atoms with Gasteiger partial charge in [-0.25, -0.2) is 4.98 Å². The molecule has 4 nitrogen and oxygen atoms in total. The summed E-state index contributed by atoms with van der Waals surface area (Å²) in [5.41, 5.74) is 7.74. The standard InChI is InChI=1S/C14H15NOS.C9H21N.CH5N/c1-9(2)11-6-4-5-7-12(11)14-15-10(3)13(8-16)17-14;1-4-6-8-10(3)9-7-5-2;1-2/h4-9H,1-3H3;4-9H2,1-3H3;2H2,1H3. The van der Waals surface area contributed by atoms with Gasteiger partial charge in [0, 0.05) is 5.56 Å². The van der Waals surface area contributed by atoms with Crippen molar-refractivity contribution < 1.29 is 4.79 Å². The zero-order valence-electron chi connectivity index (χ0n) is 19.5. The zero-order valence-corrected chi connectivity index (χ0v) is 20.3. The van der Waals surface area contributed by atoms with Crippen molar-refractivity contribution >= 4 is 17.6 Å². The van der Waals surface area contributed by atoms with Crippen molar-refractivity contribution in [1.29, 1.82) is 0 Å². The molecule has 29 heavy (non-hydrogen) atoms. The minimum Gasteiger partial charge on any atom is -0.333 e. The topological polar surface area (TPSA) is 59.2 Å². The van der Waals surface area contributed by atoms with Crippen LogP contribution in [0.1, 0.15) is 80.2 Å². The number of carbonyl (C=O) groups excluding carboxylic acids is 1. The number of unbranched alkanes of at least 4 members (excludes halogenated alkanes) is 2. The van der Waals surface area contributed by atoms with Gasteiger partial charge in [-0.3, -0.25) is 4.79 Å². The lowest BCUT2D eigenvalue weighted by Crippen LogP contribution is -2.20. The van der Waals surface area contributed by atoms with Crippen LogP contribution in [0.25, 0.3) is 10.6 Å². The molecule has 0 fully saturated rings. The lowest BCUT2D eigenvalue weighted by molar-refractivity contribution is 0.112. The fourth-order valence-electron chi connectivity index (χ4n) is 2.80. The van der Waals surface area contributed by atoms with Crippen LogP contribution in [0.4, 0.5) is 0 Å². The molecule has 0 spiro atoms.